The molecule has 1 aliphatic heterocycles. The molecule has 3 atom stereocenters. The molecule has 1 heterocycles. The van der Waals surface area contributed by atoms with Crippen LogP contribution in [0.15, 0.2) is 77.7 Å². The monoisotopic (exact) mass is 475 g/mol. The van der Waals surface area contributed by atoms with Crippen LogP contribution >= 0.6 is 0 Å². The average molecular weight is 476 g/mol. The summed E-state index contributed by atoms with van der Waals surface area (Å²) in [6.07, 6.45) is 5.11. The minimum atomic E-state index is -3.76. The van der Waals surface area contributed by atoms with Gasteiger partial charge >= 0.3 is 0 Å². The number of benzene rings is 3. The summed E-state index contributed by atoms with van der Waals surface area (Å²) in [5, 5.41) is 14.6. The number of non-ortho nitro benzene ring substituents is 1. The van der Waals surface area contributed by atoms with E-state index in [-0.39, 0.29) is 28.5 Å². The first-order chi connectivity index (χ1) is 16.2. The van der Waals surface area contributed by atoms with Gasteiger partial charge in [-0.1, -0.05) is 42.5 Å². The van der Waals surface area contributed by atoms with Crippen LogP contribution in [0.25, 0.3) is 0 Å². The van der Waals surface area contributed by atoms with E-state index in [1.165, 1.54) is 12.1 Å². The van der Waals surface area contributed by atoms with Crippen LogP contribution in [-0.2, 0) is 10.0 Å². The van der Waals surface area contributed by atoms with Crippen molar-refractivity contribution >= 4 is 27.1 Å². The second-order valence-electron chi connectivity index (χ2n) is 8.95. The fourth-order valence-electron chi connectivity index (χ4n) is 5.04. The van der Waals surface area contributed by atoms with E-state index in [4.69, 9.17) is 0 Å². The summed E-state index contributed by atoms with van der Waals surface area (Å²) in [5.41, 5.74) is 5.20. The van der Waals surface area contributed by atoms with Gasteiger partial charge < -0.3 is 5.32 Å². The van der Waals surface area contributed by atoms with E-state index in [1.807, 2.05) is 38.1 Å². The molecule has 0 bridgehead atoms. The summed E-state index contributed by atoms with van der Waals surface area (Å²) in [7, 11) is -3.76. The van der Waals surface area contributed by atoms with Crippen LogP contribution in [0.2, 0.25) is 0 Å². The SMILES string of the molecule is Cc1cccc(C)c1NS(=O)(=O)c1ccc2c(c1)[C@H]1C=CC[C@H]1[C@@H](c1ccc([N+](=O)[O-])cc1)N2. The molecule has 0 spiro atoms. The lowest BCUT2D eigenvalue weighted by atomic mass is 9.77. The maximum Gasteiger partial charge on any atom is 0.269 e. The van der Waals surface area contributed by atoms with Gasteiger partial charge in [0.25, 0.3) is 15.7 Å². The number of para-hydroxylation sites is 1. The van der Waals surface area contributed by atoms with Crippen LogP contribution in [0.5, 0.6) is 0 Å². The number of nitro benzene ring substituents is 1. The van der Waals surface area contributed by atoms with E-state index in [2.05, 4.69) is 22.2 Å². The Morgan fingerprint density at radius 1 is 1.03 bits per heavy atom. The van der Waals surface area contributed by atoms with Gasteiger partial charge in [0.2, 0.25) is 0 Å². The van der Waals surface area contributed by atoms with E-state index in [1.54, 1.807) is 24.3 Å². The van der Waals surface area contributed by atoms with Crippen molar-refractivity contribution in [3.63, 3.8) is 0 Å². The van der Waals surface area contributed by atoms with Crippen molar-refractivity contribution in [2.75, 3.05) is 10.0 Å². The molecule has 0 radical (unpaired) electrons. The summed E-state index contributed by atoms with van der Waals surface area (Å²) in [6, 6.07) is 17.5. The predicted molar refractivity (Wildman–Crippen MR) is 133 cm³/mol. The van der Waals surface area contributed by atoms with Crippen LogP contribution in [0.4, 0.5) is 17.1 Å². The van der Waals surface area contributed by atoms with Crippen LogP contribution in [-0.4, -0.2) is 13.3 Å². The quantitative estimate of drug-likeness (QED) is 0.274. The molecule has 1 aliphatic carbocycles. The Morgan fingerprint density at radius 2 is 1.74 bits per heavy atom. The van der Waals surface area contributed by atoms with Gasteiger partial charge in [-0.15, -0.1) is 0 Å². The number of anilines is 2. The number of allylic oxidation sites excluding steroid dienone is 2. The third kappa shape index (κ3) is 3.84. The molecule has 0 unspecified atom stereocenters. The van der Waals surface area contributed by atoms with Gasteiger partial charge in [0, 0.05) is 23.7 Å². The lowest BCUT2D eigenvalue weighted by Gasteiger charge is -2.37. The van der Waals surface area contributed by atoms with Gasteiger partial charge in [-0.25, -0.2) is 8.42 Å². The van der Waals surface area contributed by atoms with Gasteiger partial charge in [-0.05, 0) is 66.6 Å². The van der Waals surface area contributed by atoms with Gasteiger partial charge in [0.15, 0.2) is 0 Å². The van der Waals surface area contributed by atoms with E-state index < -0.39 is 14.9 Å². The molecule has 0 fully saturated rings. The molecule has 34 heavy (non-hydrogen) atoms. The topological polar surface area (TPSA) is 101 Å². The molecule has 7 nitrogen and oxygen atoms in total. The fraction of sp³-hybridized carbons (Fsp3) is 0.231. The maximum absolute atomic E-state index is 13.3. The van der Waals surface area contributed by atoms with E-state index in [9.17, 15) is 18.5 Å². The number of rotatable bonds is 5. The second-order valence-corrected chi connectivity index (χ2v) is 10.6. The molecule has 0 saturated heterocycles. The number of fused-ring (bicyclic) bond motifs is 3. The molecule has 0 saturated carbocycles. The largest absolute Gasteiger partial charge is 0.378 e. The summed E-state index contributed by atoms with van der Waals surface area (Å²) in [6.45, 7) is 3.77. The smallest absolute Gasteiger partial charge is 0.269 e. The van der Waals surface area contributed by atoms with Crippen molar-refractivity contribution in [2.45, 2.75) is 37.1 Å². The molecule has 5 rings (SSSR count). The zero-order chi connectivity index (χ0) is 24.0. The standard InChI is InChI=1S/C26H25N3O4S/c1-16-5-3-6-17(2)25(16)28-34(32,33)20-13-14-24-23(15-20)21-7-4-8-22(21)26(27-24)18-9-11-19(12-10-18)29(30)31/h3-7,9-15,21-22,26-28H,8H2,1-2H3/t21-,22+,26+/m0/s1. The molecule has 2 N–H and O–H groups in total. The van der Waals surface area contributed by atoms with Crippen molar-refractivity contribution in [2.24, 2.45) is 5.92 Å². The normalized spacial score (nSPS) is 20.8. The highest BCUT2D eigenvalue weighted by atomic mass is 32.2. The summed E-state index contributed by atoms with van der Waals surface area (Å²) >= 11 is 0. The van der Waals surface area contributed by atoms with Crippen molar-refractivity contribution in [1.29, 1.82) is 0 Å². The van der Waals surface area contributed by atoms with E-state index in [0.29, 0.717) is 5.69 Å². The van der Waals surface area contributed by atoms with Gasteiger partial charge in [-0.3, -0.25) is 14.8 Å². The van der Waals surface area contributed by atoms with E-state index in [0.717, 1.165) is 34.4 Å². The highest BCUT2D eigenvalue weighted by Gasteiger charge is 2.38. The number of nitrogens with zero attached hydrogens (tertiary/aromatic N) is 1. The molecule has 174 valence electrons. The Kier molecular flexibility index (Phi) is 5.40. The van der Waals surface area contributed by atoms with Crippen LogP contribution in [0, 0.1) is 29.9 Å². The first kappa shape index (κ1) is 22.2. The molecule has 3 aromatic carbocycles. The first-order valence-electron chi connectivity index (χ1n) is 11.1. The maximum atomic E-state index is 13.3. The van der Waals surface area contributed by atoms with Crippen LogP contribution in [0.3, 0.4) is 0 Å². The van der Waals surface area contributed by atoms with Gasteiger partial charge in [0.1, 0.15) is 0 Å². The number of hydrogen-bond acceptors (Lipinski definition) is 5. The van der Waals surface area contributed by atoms with Crippen LogP contribution in [0.1, 0.15) is 40.6 Å². The Morgan fingerprint density at radius 3 is 2.41 bits per heavy atom. The minimum absolute atomic E-state index is 0.0245. The lowest BCUT2D eigenvalue weighted by molar-refractivity contribution is -0.384. The summed E-state index contributed by atoms with van der Waals surface area (Å²) < 4.78 is 29.3. The lowest BCUT2D eigenvalue weighted by Crippen LogP contribution is -2.29. The highest BCUT2D eigenvalue weighted by Crippen LogP contribution is 2.50. The van der Waals surface area contributed by atoms with Crippen molar-refractivity contribution < 1.29 is 13.3 Å². The number of hydrogen-bond donors (Lipinski definition) is 2. The first-order valence-corrected chi connectivity index (χ1v) is 12.6. The van der Waals surface area contributed by atoms with Gasteiger partial charge in [0.05, 0.1) is 21.5 Å². The Bertz CT molecular complexity index is 1390. The fourth-order valence-corrected chi connectivity index (χ4v) is 6.28. The average Bonchev–Trinajstić information content (AvgIpc) is 3.31. The Balaban J connectivity index is 1.48. The predicted octanol–water partition coefficient (Wildman–Crippen LogP) is 5.84. The third-order valence-corrected chi connectivity index (χ3v) is 8.17. The number of nitrogens with one attached hydrogen (secondary N) is 2. The zero-order valence-electron chi connectivity index (χ0n) is 18.9. The number of aryl methyl sites for hydroxylation is 2. The number of nitro groups is 1. The van der Waals surface area contributed by atoms with Crippen molar-refractivity contribution in [1.82, 2.24) is 0 Å². The van der Waals surface area contributed by atoms with Crippen molar-refractivity contribution in [3.05, 3.63) is 105 Å². The molecule has 0 aromatic heterocycles. The zero-order valence-corrected chi connectivity index (χ0v) is 19.7. The third-order valence-electron chi connectivity index (χ3n) is 6.83. The minimum Gasteiger partial charge on any atom is -0.378 e. The summed E-state index contributed by atoms with van der Waals surface area (Å²) in [5.74, 6) is 0.255. The van der Waals surface area contributed by atoms with E-state index >= 15 is 0 Å². The number of sulfonamides is 1. The molecule has 0 amide bonds. The Hall–Kier alpha value is -3.65. The molecule has 3 aromatic rings. The molecule has 8 heteroatoms. The molecular weight excluding hydrogens is 450 g/mol. The molecule has 2 aliphatic rings. The second kappa shape index (κ2) is 8.29. The highest BCUT2D eigenvalue weighted by molar-refractivity contribution is 7.92. The Labute approximate surface area is 198 Å². The van der Waals surface area contributed by atoms with Crippen LogP contribution < -0.4 is 10.0 Å². The summed E-state index contributed by atoms with van der Waals surface area (Å²) in [4.78, 5) is 10.9. The van der Waals surface area contributed by atoms with Crippen molar-refractivity contribution in [3.8, 4) is 0 Å². The molecular formula is C26H25N3O4S. The van der Waals surface area contributed by atoms with Gasteiger partial charge in [-0.2, -0.15) is 0 Å².